The molecule has 0 heterocycles. The van der Waals surface area contributed by atoms with Gasteiger partial charge in [0.25, 0.3) is 0 Å². The number of rotatable bonds is 4. The first-order valence-electron chi connectivity index (χ1n) is 2.93. The maximum absolute atomic E-state index is 6.77. The van der Waals surface area contributed by atoms with Crippen LogP contribution in [0.5, 0.6) is 0 Å². The Morgan fingerprint density at radius 1 is 1.80 bits per heavy atom. The van der Waals surface area contributed by atoms with E-state index in [0.717, 1.165) is 6.54 Å². The predicted molar refractivity (Wildman–Crippen MR) is 48.0 cm³/mol. The zero-order valence-corrected chi connectivity index (χ0v) is 7.35. The van der Waals surface area contributed by atoms with Crippen molar-refractivity contribution in [1.29, 1.82) is 5.41 Å². The molecule has 0 unspecified atom stereocenters. The van der Waals surface area contributed by atoms with Crippen molar-refractivity contribution < 1.29 is 0 Å². The van der Waals surface area contributed by atoms with Gasteiger partial charge in [-0.05, 0) is 28.9 Å². The largest absolute Gasteiger partial charge is 0.310 e. The van der Waals surface area contributed by atoms with Gasteiger partial charge in [-0.25, -0.2) is 0 Å². The van der Waals surface area contributed by atoms with Crippen molar-refractivity contribution in [1.82, 2.24) is 5.43 Å². The summed E-state index contributed by atoms with van der Waals surface area (Å²) >= 11 is 3.13. The second-order valence-electron chi connectivity index (χ2n) is 1.49. The Kier molecular flexibility index (Phi) is 6.06. The molecule has 0 aliphatic rings. The van der Waals surface area contributed by atoms with Gasteiger partial charge in [-0.15, -0.1) is 0 Å². The topological polar surface area (TPSA) is 48.2 Å². The number of hydrogen-bond acceptors (Lipinski definition) is 3. The molecule has 0 rings (SSSR count). The molecule has 0 saturated carbocycles. The minimum atomic E-state index is 0.703. The van der Waals surface area contributed by atoms with Crippen LogP contribution in [0.25, 0.3) is 0 Å². The fourth-order valence-corrected chi connectivity index (χ4v) is 0.419. The summed E-state index contributed by atoms with van der Waals surface area (Å²) in [5.41, 5.74) is 2.76. The van der Waals surface area contributed by atoms with Crippen molar-refractivity contribution in [3.05, 3.63) is 10.6 Å². The SMILES string of the molecule is CCN/N=C/C=C(/Br)C=N. The molecule has 0 atom stereocenters. The predicted octanol–water partition coefficient (Wildman–Crippen LogP) is 1.51. The maximum atomic E-state index is 6.77. The molecule has 2 N–H and O–H groups in total. The molecule has 0 saturated heterocycles. The van der Waals surface area contributed by atoms with Crippen molar-refractivity contribution in [2.24, 2.45) is 5.10 Å². The standard InChI is InChI=1S/C6H10BrN3/c1-2-9-10-4-3-6(7)5-8/h3-5,8-9H,2H2,1H3/b6-3+,8-5?,10-4+. The Balaban J connectivity index is 3.59. The van der Waals surface area contributed by atoms with E-state index < -0.39 is 0 Å². The Hall–Kier alpha value is -0.640. The molecule has 0 aromatic carbocycles. The highest BCUT2D eigenvalue weighted by atomic mass is 79.9. The Bertz CT molecular complexity index is 151. The molecule has 0 radical (unpaired) electrons. The van der Waals surface area contributed by atoms with E-state index in [1.807, 2.05) is 6.92 Å². The number of nitrogens with one attached hydrogen (secondary N) is 2. The van der Waals surface area contributed by atoms with Crippen molar-refractivity contribution in [3.8, 4) is 0 Å². The monoisotopic (exact) mass is 203 g/mol. The smallest absolute Gasteiger partial charge is 0.0479 e. The Morgan fingerprint density at radius 2 is 2.50 bits per heavy atom. The average molecular weight is 204 g/mol. The maximum Gasteiger partial charge on any atom is 0.0479 e. The summed E-state index contributed by atoms with van der Waals surface area (Å²) in [5, 5.41) is 10.6. The molecule has 0 aliphatic heterocycles. The first-order valence-corrected chi connectivity index (χ1v) is 3.72. The van der Waals surface area contributed by atoms with E-state index in [9.17, 15) is 0 Å². The molecule has 0 aliphatic carbocycles. The Labute approximate surface area is 68.8 Å². The van der Waals surface area contributed by atoms with E-state index >= 15 is 0 Å². The van der Waals surface area contributed by atoms with Crippen molar-refractivity contribution in [2.75, 3.05) is 6.54 Å². The zero-order valence-electron chi connectivity index (χ0n) is 5.76. The highest BCUT2D eigenvalue weighted by Crippen LogP contribution is 1.96. The van der Waals surface area contributed by atoms with Gasteiger partial charge in [0.1, 0.15) is 0 Å². The number of hydrazone groups is 1. The highest BCUT2D eigenvalue weighted by molar-refractivity contribution is 9.12. The second kappa shape index (κ2) is 6.48. The molecule has 0 aromatic heterocycles. The van der Waals surface area contributed by atoms with Gasteiger partial charge in [0.05, 0.1) is 0 Å². The first-order chi connectivity index (χ1) is 4.81. The second-order valence-corrected chi connectivity index (χ2v) is 2.40. The summed E-state index contributed by atoms with van der Waals surface area (Å²) in [4.78, 5) is 0. The summed E-state index contributed by atoms with van der Waals surface area (Å²) in [6.45, 7) is 2.78. The van der Waals surface area contributed by atoms with E-state index in [0.29, 0.717) is 4.48 Å². The van der Waals surface area contributed by atoms with Gasteiger partial charge in [0.15, 0.2) is 0 Å². The molecule has 3 nitrogen and oxygen atoms in total. The van der Waals surface area contributed by atoms with Crippen LogP contribution in [0.3, 0.4) is 0 Å². The van der Waals surface area contributed by atoms with Gasteiger partial charge >= 0.3 is 0 Å². The van der Waals surface area contributed by atoms with Crippen LogP contribution in [0, 0.1) is 5.41 Å². The Morgan fingerprint density at radius 3 is 3.00 bits per heavy atom. The number of nitrogens with zero attached hydrogens (tertiary/aromatic N) is 1. The molecular weight excluding hydrogens is 194 g/mol. The van der Waals surface area contributed by atoms with Crippen LogP contribution in [0.1, 0.15) is 6.92 Å². The lowest BCUT2D eigenvalue weighted by Crippen LogP contribution is -2.02. The van der Waals surface area contributed by atoms with Crippen LogP contribution in [-0.2, 0) is 0 Å². The summed E-state index contributed by atoms with van der Waals surface area (Å²) in [7, 11) is 0. The molecule has 56 valence electrons. The third kappa shape index (κ3) is 5.50. The molecule has 4 heteroatoms. The minimum absolute atomic E-state index is 0.703. The molecule has 0 bridgehead atoms. The number of allylic oxidation sites excluding steroid dienone is 2. The lowest BCUT2D eigenvalue weighted by atomic mass is 10.5. The van der Waals surface area contributed by atoms with Crippen LogP contribution in [0.2, 0.25) is 0 Å². The van der Waals surface area contributed by atoms with Gasteiger partial charge in [0, 0.05) is 23.5 Å². The summed E-state index contributed by atoms with van der Waals surface area (Å²) < 4.78 is 0.703. The van der Waals surface area contributed by atoms with Crippen molar-refractivity contribution in [3.63, 3.8) is 0 Å². The fraction of sp³-hybridized carbons (Fsp3) is 0.333. The van der Waals surface area contributed by atoms with E-state index in [1.165, 1.54) is 6.21 Å². The third-order valence-corrected chi connectivity index (χ3v) is 1.19. The lowest BCUT2D eigenvalue weighted by molar-refractivity contribution is 0.788. The molecule has 0 aromatic rings. The van der Waals surface area contributed by atoms with Gasteiger partial charge < -0.3 is 10.8 Å². The van der Waals surface area contributed by atoms with Gasteiger partial charge in [-0.3, -0.25) is 0 Å². The molecular formula is C6H10BrN3. The fourth-order valence-electron chi connectivity index (χ4n) is 0.301. The average Bonchev–Trinajstić information content (AvgIpc) is 1.98. The van der Waals surface area contributed by atoms with E-state index in [-0.39, 0.29) is 0 Å². The normalized spacial score (nSPS) is 12.0. The van der Waals surface area contributed by atoms with Crippen molar-refractivity contribution in [2.45, 2.75) is 6.92 Å². The molecule has 0 spiro atoms. The van der Waals surface area contributed by atoms with Gasteiger partial charge in [-0.2, -0.15) is 5.10 Å². The zero-order chi connectivity index (χ0) is 7.82. The number of hydrogen-bond donors (Lipinski definition) is 2. The van der Waals surface area contributed by atoms with Gasteiger partial charge in [-0.1, -0.05) is 0 Å². The van der Waals surface area contributed by atoms with Crippen LogP contribution in [0.4, 0.5) is 0 Å². The van der Waals surface area contributed by atoms with Crippen molar-refractivity contribution >= 4 is 28.4 Å². The quantitative estimate of drug-likeness (QED) is 0.529. The lowest BCUT2D eigenvalue weighted by Gasteiger charge is -1.87. The highest BCUT2D eigenvalue weighted by Gasteiger charge is 1.77. The molecule has 0 fully saturated rings. The minimum Gasteiger partial charge on any atom is -0.310 e. The van der Waals surface area contributed by atoms with E-state index in [1.54, 1.807) is 12.3 Å². The first kappa shape index (κ1) is 9.36. The molecule has 10 heavy (non-hydrogen) atoms. The number of halogens is 1. The van der Waals surface area contributed by atoms with Crippen LogP contribution < -0.4 is 5.43 Å². The van der Waals surface area contributed by atoms with E-state index in [2.05, 4.69) is 26.5 Å². The van der Waals surface area contributed by atoms with Crippen LogP contribution >= 0.6 is 15.9 Å². The van der Waals surface area contributed by atoms with Crippen LogP contribution in [-0.4, -0.2) is 19.0 Å². The summed E-state index contributed by atoms with van der Waals surface area (Å²) in [6, 6.07) is 0. The van der Waals surface area contributed by atoms with E-state index in [4.69, 9.17) is 5.41 Å². The molecule has 0 amide bonds. The summed E-state index contributed by atoms with van der Waals surface area (Å²) in [5.74, 6) is 0. The third-order valence-electron chi connectivity index (χ3n) is 0.696. The van der Waals surface area contributed by atoms with Crippen LogP contribution in [0.15, 0.2) is 15.7 Å². The van der Waals surface area contributed by atoms with Gasteiger partial charge in [0.2, 0.25) is 0 Å². The summed E-state index contributed by atoms with van der Waals surface area (Å²) in [6.07, 6.45) is 4.49.